The number of allylic oxidation sites excluding steroid dienone is 1. The maximum Gasteiger partial charge on any atom is 0.330 e. The van der Waals surface area contributed by atoms with E-state index in [0.717, 1.165) is 16.7 Å². The smallest absolute Gasteiger partial charge is 0.330 e. The topological polar surface area (TPSA) is 71.1 Å². The summed E-state index contributed by atoms with van der Waals surface area (Å²) < 4.78 is 24.2. The molecule has 0 radical (unpaired) electrons. The summed E-state index contributed by atoms with van der Waals surface area (Å²) in [5, 5.41) is 0. The number of esters is 1. The third kappa shape index (κ3) is 11.2. The molecule has 3 rings (SSSR count). The molecule has 6 heteroatoms. The monoisotopic (exact) mass is 528 g/mol. The molecule has 6 nitrogen and oxygen atoms in total. The van der Waals surface area contributed by atoms with Crippen molar-refractivity contribution in [1.82, 2.24) is 0 Å². The van der Waals surface area contributed by atoms with Gasteiger partial charge in [0.25, 0.3) is 0 Å². The van der Waals surface area contributed by atoms with Crippen molar-refractivity contribution < 1.29 is 28.5 Å². The lowest BCUT2D eigenvalue weighted by Crippen LogP contribution is -2.41. The van der Waals surface area contributed by atoms with Crippen LogP contribution < -0.4 is 0 Å². The molecule has 3 aromatic rings. The van der Waals surface area contributed by atoms with E-state index in [1.165, 1.54) is 19.1 Å². The Hall–Kier alpha value is -3.84. The summed E-state index contributed by atoms with van der Waals surface area (Å²) in [6, 6.07) is 29.3. The number of carbonyl (C=O) groups excluding carboxylic acids is 2. The van der Waals surface area contributed by atoms with Crippen LogP contribution in [0.2, 0.25) is 0 Å². The minimum absolute atomic E-state index is 0.117. The first kappa shape index (κ1) is 29.7. The van der Waals surface area contributed by atoms with Gasteiger partial charge in [0.05, 0.1) is 26.4 Å². The summed E-state index contributed by atoms with van der Waals surface area (Å²) in [6.07, 6.45) is 4.09. The third-order valence-electron chi connectivity index (χ3n) is 5.73. The summed E-state index contributed by atoms with van der Waals surface area (Å²) >= 11 is 0. The molecule has 0 aliphatic carbocycles. The Balaban J connectivity index is 1.94. The lowest BCUT2D eigenvalue weighted by molar-refractivity contribution is -0.137. The first-order valence-corrected chi connectivity index (χ1v) is 13.1. The van der Waals surface area contributed by atoms with Gasteiger partial charge in [0.15, 0.2) is 5.78 Å². The maximum atomic E-state index is 12.2. The zero-order valence-electron chi connectivity index (χ0n) is 22.5. The fourth-order valence-electron chi connectivity index (χ4n) is 3.79. The Labute approximate surface area is 230 Å². The van der Waals surface area contributed by atoms with Crippen LogP contribution in [0.25, 0.3) is 0 Å². The minimum atomic E-state index is -0.698. The van der Waals surface area contributed by atoms with E-state index in [1.54, 1.807) is 19.1 Å². The van der Waals surface area contributed by atoms with Crippen molar-refractivity contribution in [1.29, 1.82) is 0 Å². The van der Waals surface area contributed by atoms with Crippen LogP contribution in [0.4, 0.5) is 0 Å². The molecular weight excluding hydrogens is 492 g/mol. The van der Waals surface area contributed by atoms with E-state index in [2.05, 4.69) is 0 Å². The van der Waals surface area contributed by atoms with Crippen LogP contribution in [-0.4, -0.2) is 36.7 Å². The first-order valence-electron chi connectivity index (χ1n) is 13.1. The van der Waals surface area contributed by atoms with E-state index < -0.39 is 24.3 Å². The molecule has 0 unspecified atom stereocenters. The molecule has 0 aliphatic rings. The van der Waals surface area contributed by atoms with Crippen molar-refractivity contribution in [3.63, 3.8) is 0 Å². The molecule has 0 bridgehead atoms. The van der Waals surface area contributed by atoms with E-state index in [9.17, 15) is 9.59 Å². The molecule has 0 heterocycles. The van der Waals surface area contributed by atoms with Crippen LogP contribution in [0.3, 0.4) is 0 Å². The maximum absolute atomic E-state index is 12.2. The van der Waals surface area contributed by atoms with E-state index in [0.29, 0.717) is 6.61 Å². The predicted octanol–water partition coefficient (Wildman–Crippen LogP) is 6.01. The van der Waals surface area contributed by atoms with Gasteiger partial charge in [-0.15, -0.1) is 0 Å². The van der Waals surface area contributed by atoms with Gasteiger partial charge in [-0.2, -0.15) is 0 Å². The van der Waals surface area contributed by atoms with Gasteiger partial charge < -0.3 is 18.9 Å². The van der Waals surface area contributed by atoms with Gasteiger partial charge >= 0.3 is 5.97 Å². The van der Waals surface area contributed by atoms with Crippen molar-refractivity contribution in [2.75, 3.05) is 6.61 Å². The molecule has 0 aliphatic heterocycles. The molecule has 3 aromatic carbocycles. The fourth-order valence-corrected chi connectivity index (χ4v) is 3.79. The number of ether oxygens (including phenoxy) is 4. The quantitative estimate of drug-likeness (QED) is 0.168. The zero-order chi connectivity index (χ0) is 27.7. The van der Waals surface area contributed by atoms with Crippen LogP contribution in [-0.2, 0) is 48.4 Å². The van der Waals surface area contributed by atoms with Crippen LogP contribution in [0, 0.1) is 0 Å². The summed E-state index contributed by atoms with van der Waals surface area (Å²) in [5.74, 6) is -0.595. The SMILES string of the molecule is CCOC(=O)/C=C/[C@@H](OCc1ccccc1)[C@H](OCc1ccccc1)[C@H](/C=C/C(C)=O)OCc1ccccc1. The van der Waals surface area contributed by atoms with E-state index in [4.69, 9.17) is 18.9 Å². The zero-order valence-corrected chi connectivity index (χ0v) is 22.5. The highest BCUT2D eigenvalue weighted by Gasteiger charge is 2.30. The normalized spacial score (nSPS) is 13.8. The second kappa shape index (κ2) is 16.9. The van der Waals surface area contributed by atoms with Gasteiger partial charge in [0, 0.05) is 6.08 Å². The second-order valence-electron chi connectivity index (χ2n) is 8.86. The molecule has 0 saturated carbocycles. The summed E-state index contributed by atoms with van der Waals surface area (Å²) in [6.45, 7) is 4.35. The van der Waals surface area contributed by atoms with Crippen molar-refractivity contribution in [2.45, 2.75) is 52.0 Å². The van der Waals surface area contributed by atoms with Crippen molar-refractivity contribution in [3.8, 4) is 0 Å². The number of hydrogen-bond acceptors (Lipinski definition) is 6. The van der Waals surface area contributed by atoms with Gasteiger partial charge in [0.1, 0.15) is 18.3 Å². The van der Waals surface area contributed by atoms with E-state index in [1.807, 2.05) is 91.0 Å². The Morgan fingerprint density at radius 2 is 1.05 bits per heavy atom. The minimum Gasteiger partial charge on any atom is -0.463 e. The first-order chi connectivity index (χ1) is 19.0. The largest absolute Gasteiger partial charge is 0.463 e. The second-order valence-corrected chi connectivity index (χ2v) is 8.86. The lowest BCUT2D eigenvalue weighted by Gasteiger charge is -2.31. The highest BCUT2D eigenvalue weighted by atomic mass is 16.6. The average Bonchev–Trinajstić information content (AvgIpc) is 2.96. The number of hydrogen-bond donors (Lipinski definition) is 0. The Morgan fingerprint density at radius 3 is 1.46 bits per heavy atom. The van der Waals surface area contributed by atoms with Gasteiger partial charge in [-0.25, -0.2) is 4.79 Å². The molecule has 39 heavy (non-hydrogen) atoms. The molecule has 0 saturated heterocycles. The summed E-state index contributed by atoms with van der Waals surface area (Å²) in [4.78, 5) is 24.1. The van der Waals surface area contributed by atoms with Crippen LogP contribution in [0.1, 0.15) is 30.5 Å². The standard InChI is InChI=1S/C33H36O6/c1-3-36-32(35)22-21-31(38-24-28-15-9-5-10-16-28)33(39-25-29-17-11-6-12-18-29)30(20-19-26(2)34)37-23-27-13-7-4-8-14-27/h4-22,30-31,33H,3,23-25H2,1-2H3/b20-19+,22-21+/t30-,31+,33+/m0/s1. The summed E-state index contributed by atoms with van der Waals surface area (Å²) in [7, 11) is 0. The Morgan fingerprint density at radius 1 is 0.641 bits per heavy atom. The third-order valence-corrected chi connectivity index (χ3v) is 5.73. The van der Waals surface area contributed by atoms with Crippen LogP contribution in [0.5, 0.6) is 0 Å². The van der Waals surface area contributed by atoms with Gasteiger partial charge in [-0.3, -0.25) is 4.79 Å². The molecule has 0 amide bonds. The lowest BCUT2D eigenvalue weighted by atomic mass is 10.0. The Bertz CT molecular complexity index is 1170. The van der Waals surface area contributed by atoms with E-state index >= 15 is 0 Å². The summed E-state index contributed by atoms with van der Waals surface area (Å²) in [5.41, 5.74) is 2.91. The van der Waals surface area contributed by atoms with Crippen molar-refractivity contribution in [2.24, 2.45) is 0 Å². The van der Waals surface area contributed by atoms with Gasteiger partial charge in [0.2, 0.25) is 0 Å². The molecule has 3 atom stereocenters. The number of ketones is 1. The van der Waals surface area contributed by atoms with Crippen molar-refractivity contribution in [3.05, 3.63) is 132 Å². The predicted molar refractivity (Wildman–Crippen MR) is 151 cm³/mol. The fraction of sp³-hybridized carbons (Fsp3) is 0.273. The van der Waals surface area contributed by atoms with Crippen LogP contribution >= 0.6 is 0 Å². The number of rotatable bonds is 16. The Kier molecular flexibility index (Phi) is 12.9. The molecule has 0 N–H and O–H groups in total. The molecule has 0 aromatic heterocycles. The average molecular weight is 529 g/mol. The highest BCUT2D eigenvalue weighted by molar-refractivity contribution is 5.87. The molecule has 204 valence electrons. The molecular formula is C33H36O6. The van der Waals surface area contributed by atoms with Gasteiger partial charge in [-0.1, -0.05) is 91.0 Å². The van der Waals surface area contributed by atoms with Gasteiger partial charge in [-0.05, 0) is 48.8 Å². The number of carbonyl (C=O) groups is 2. The van der Waals surface area contributed by atoms with Crippen molar-refractivity contribution >= 4 is 11.8 Å². The van der Waals surface area contributed by atoms with E-state index in [-0.39, 0.29) is 25.6 Å². The molecule has 0 spiro atoms. The molecule has 0 fully saturated rings. The number of benzene rings is 3. The van der Waals surface area contributed by atoms with Crippen LogP contribution in [0.15, 0.2) is 115 Å². The highest BCUT2D eigenvalue weighted by Crippen LogP contribution is 2.21.